The Morgan fingerprint density at radius 3 is 1.74 bits per heavy atom. The van der Waals surface area contributed by atoms with Gasteiger partial charge in [-0.2, -0.15) is 0 Å². The first-order chi connectivity index (χ1) is 21.3. The van der Waals surface area contributed by atoms with Crippen LogP contribution in [0.1, 0.15) is 28.7 Å². The van der Waals surface area contributed by atoms with Crippen LogP contribution >= 0.6 is 0 Å². The molecule has 0 saturated heterocycles. The Morgan fingerprint density at radius 2 is 1.12 bits per heavy atom. The average molecular weight is 553 g/mol. The summed E-state index contributed by atoms with van der Waals surface area (Å²) < 4.78 is 0. The molecule has 7 rings (SSSR count). The zero-order chi connectivity index (χ0) is 29.0. The number of anilines is 4. The molecule has 0 N–H and O–H groups in total. The van der Waals surface area contributed by atoms with Gasteiger partial charge in [-0.25, -0.2) is 0 Å². The molecule has 0 unspecified atom stereocenters. The topological polar surface area (TPSA) is 6.48 Å². The van der Waals surface area contributed by atoms with Crippen LogP contribution in [0.5, 0.6) is 0 Å². The number of benzene rings is 4. The van der Waals surface area contributed by atoms with E-state index in [1.807, 2.05) is 12.2 Å². The van der Waals surface area contributed by atoms with Crippen molar-refractivity contribution in [2.75, 3.05) is 9.80 Å². The van der Waals surface area contributed by atoms with E-state index in [2.05, 4.69) is 168 Å². The molecule has 2 heteroatoms. The third kappa shape index (κ3) is 5.16. The predicted octanol–water partition coefficient (Wildman–Crippen LogP) is 11.0. The minimum absolute atomic E-state index is 0.843. The van der Waals surface area contributed by atoms with Crippen molar-refractivity contribution >= 4 is 46.6 Å². The number of hydrogen-bond acceptors (Lipinski definition) is 2. The van der Waals surface area contributed by atoms with Crippen LogP contribution in [-0.4, -0.2) is 0 Å². The molecule has 4 aromatic carbocycles. The second kappa shape index (κ2) is 11.7. The van der Waals surface area contributed by atoms with Crippen LogP contribution in [0.3, 0.4) is 0 Å². The van der Waals surface area contributed by atoms with Crippen molar-refractivity contribution in [2.24, 2.45) is 0 Å². The zero-order valence-electron chi connectivity index (χ0n) is 24.0. The van der Waals surface area contributed by atoms with E-state index < -0.39 is 0 Å². The number of nitrogens with zero attached hydrogens (tertiary/aromatic N) is 2. The fourth-order valence-corrected chi connectivity index (χ4v) is 5.92. The highest BCUT2D eigenvalue weighted by atomic mass is 15.2. The molecule has 206 valence electrons. The minimum Gasteiger partial charge on any atom is -0.310 e. The quantitative estimate of drug-likeness (QED) is 0.200. The molecule has 2 aliphatic heterocycles. The van der Waals surface area contributed by atoms with Crippen molar-refractivity contribution in [3.05, 3.63) is 192 Å². The maximum Gasteiger partial charge on any atom is 0.0534 e. The van der Waals surface area contributed by atoms with Crippen LogP contribution in [0.25, 0.3) is 23.8 Å². The van der Waals surface area contributed by atoms with Gasteiger partial charge in [0, 0.05) is 17.1 Å². The van der Waals surface area contributed by atoms with Crippen LogP contribution in [-0.2, 0) is 0 Å². The lowest BCUT2D eigenvalue weighted by Gasteiger charge is -2.31. The number of hydrogen-bond donors (Lipinski definition) is 0. The van der Waals surface area contributed by atoms with Gasteiger partial charge >= 0.3 is 0 Å². The summed E-state index contributed by atoms with van der Waals surface area (Å²) in [4.78, 5) is 4.70. The normalized spacial score (nSPS) is 16.2. The molecule has 3 aliphatic rings. The van der Waals surface area contributed by atoms with Gasteiger partial charge < -0.3 is 9.80 Å². The van der Waals surface area contributed by atoms with Crippen molar-refractivity contribution in [3.63, 3.8) is 0 Å². The van der Waals surface area contributed by atoms with Crippen molar-refractivity contribution in [1.29, 1.82) is 0 Å². The molecular weight excluding hydrogens is 520 g/mol. The van der Waals surface area contributed by atoms with Gasteiger partial charge in [-0.3, -0.25) is 0 Å². The van der Waals surface area contributed by atoms with Gasteiger partial charge in [-0.05, 0) is 82.8 Å². The fourth-order valence-electron chi connectivity index (χ4n) is 5.92. The number of allylic oxidation sites excluding steroid dienone is 10. The summed E-state index contributed by atoms with van der Waals surface area (Å²) in [6, 6.07) is 34.7. The Hall–Kier alpha value is -5.60. The molecule has 2 heterocycles. The van der Waals surface area contributed by atoms with Crippen molar-refractivity contribution < 1.29 is 0 Å². The van der Waals surface area contributed by atoms with E-state index in [0.717, 1.165) is 23.5 Å². The van der Waals surface area contributed by atoms with Gasteiger partial charge in [-0.15, -0.1) is 0 Å². The number of para-hydroxylation sites is 3. The maximum absolute atomic E-state index is 3.81. The third-order valence-electron chi connectivity index (χ3n) is 8.00. The molecule has 0 bridgehead atoms. The molecule has 0 aromatic heterocycles. The average Bonchev–Trinajstić information content (AvgIpc) is 3.40. The Balaban J connectivity index is 1.19. The van der Waals surface area contributed by atoms with Gasteiger partial charge in [0.1, 0.15) is 0 Å². The van der Waals surface area contributed by atoms with Gasteiger partial charge in [0.25, 0.3) is 0 Å². The number of fused-ring (bicyclic) bond motifs is 3. The Bertz CT molecular complexity index is 1860. The van der Waals surface area contributed by atoms with Crippen LogP contribution < -0.4 is 9.80 Å². The third-order valence-corrected chi connectivity index (χ3v) is 8.00. The Labute approximate surface area is 254 Å². The predicted molar refractivity (Wildman–Crippen MR) is 185 cm³/mol. The van der Waals surface area contributed by atoms with E-state index in [4.69, 9.17) is 0 Å². The summed E-state index contributed by atoms with van der Waals surface area (Å²) in [7, 11) is 0. The Morgan fingerprint density at radius 1 is 0.535 bits per heavy atom. The zero-order valence-corrected chi connectivity index (χ0v) is 24.0. The fraction of sp³-hybridized carbons (Fsp3) is 0.0244. The van der Waals surface area contributed by atoms with E-state index in [-0.39, 0.29) is 0 Å². The van der Waals surface area contributed by atoms with Crippen LogP contribution in [0.4, 0.5) is 22.7 Å². The monoisotopic (exact) mass is 552 g/mol. The second-order valence-electron chi connectivity index (χ2n) is 10.6. The summed E-state index contributed by atoms with van der Waals surface area (Å²) in [5, 5.41) is 0. The SMILES string of the molecule is C=C/C=C\C=C1/C=Cc2ccccc2N1C1=CCC=C(c2ccc(N3c4ccccc4C=Cc4ccccc43)cc2)C=C1. The lowest BCUT2D eigenvalue weighted by molar-refractivity contribution is 1.11. The molecular formula is C41H32N2. The first-order valence-corrected chi connectivity index (χ1v) is 14.7. The van der Waals surface area contributed by atoms with Gasteiger partial charge in [0.15, 0.2) is 0 Å². The van der Waals surface area contributed by atoms with E-state index in [9.17, 15) is 0 Å². The van der Waals surface area contributed by atoms with E-state index in [1.165, 1.54) is 44.9 Å². The van der Waals surface area contributed by atoms with Gasteiger partial charge in [0.05, 0.1) is 17.1 Å². The molecule has 4 aromatic rings. The molecule has 0 fully saturated rings. The highest BCUT2D eigenvalue weighted by Gasteiger charge is 2.21. The molecule has 0 spiro atoms. The first-order valence-electron chi connectivity index (χ1n) is 14.7. The molecule has 2 nitrogen and oxygen atoms in total. The first kappa shape index (κ1) is 26.3. The molecule has 1 aliphatic carbocycles. The number of rotatable bonds is 5. The van der Waals surface area contributed by atoms with Crippen molar-refractivity contribution in [1.82, 2.24) is 0 Å². The smallest absolute Gasteiger partial charge is 0.0534 e. The van der Waals surface area contributed by atoms with Gasteiger partial charge in [-0.1, -0.05) is 128 Å². The van der Waals surface area contributed by atoms with E-state index in [1.54, 1.807) is 6.08 Å². The van der Waals surface area contributed by atoms with Gasteiger partial charge in [0.2, 0.25) is 0 Å². The lowest BCUT2D eigenvalue weighted by atomic mass is 10.0. The largest absolute Gasteiger partial charge is 0.310 e. The summed E-state index contributed by atoms with van der Waals surface area (Å²) in [5.41, 5.74) is 13.0. The van der Waals surface area contributed by atoms with Crippen molar-refractivity contribution in [2.45, 2.75) is 6.42 Å². The minimum atomic E-state index is 0.843. The highest BCUT2D eigenvalue weighted by molar-refractivity contribution is 5.93. The van der Waals surface area contributed by atoms with Crippen LogP contribution in [0, 0.1) is 0 Å². The molecule has 0 saturated carbocycles. The molecule has 0 amide bonds. The standard InChI is InChI=1S/C41H32N2/c1-2-3-4-16-36-30-26-35-14-5-8-18-39(35)42(36)37-17-11-15-31(23-27-37)32-24-28-38(29-25-32)43-40-19-9-6-12-33(40)21-22-34-13-7-10-20-41(34)43/h2-10,12-30H,1,11H2/b4-3-,36-16+. The maximum atomic E-state index is 3.81. The second-order valence-corrected chi connectivity index (χ2v) is 10.6. The summed E-state index contributed by atoms with van der Waals surface area (Å²) in [5.74, 6) is 0. The van der Waals surface area contributed by atoms with Crippen LogP contribution in [0.2, 0.25) is 0 Å². The Kier molecular flexibility index (Phi) is 7.17. The molecule has 43 heavy (non-hydrogen) atoms. The lowest BCUT2D eigenvalue weighted by Crippen LogP contribution is -2.22. The summed E-state index contributed by atoms with van der Waals surface area (Å²) in [6.45, 7) is 3.81. The summed E-state index contributed by atoms with van der Waals surface area (Å²) in [6.07, 6.45) is 26.6. The van der Waals surface area contributed by atoms with E-state index in [0.29, 0.717) is 0 Å². The molecule has 0 atom stereocenters. The highest BCUT2D eigenvalue weighted by Crippen LogP contribution is 2.42. The van der Waals surface area contributed by atoms with Crippen LogP contribution in [0.15, 0.2) is 170 Å². The molecule has 0 radical (unpaired) electrons. The van der Waals surface area contributed by atoms with Crippen molar-refractivity contribution in [3.8, 4) is 0 Å². The summed E-state index contributed by atoms with van der Waals surface area (Å²) >= 11 is 0. The van der Waals surface area contributed by atoms with E-state index >= 15 is 0 Å².